The molecule has 0 bridgehead atoms. The van der Waals surface area contributed by atoms with Crippen LogP contribution in [0.15, 0.2) is 28.6 Å². The Hall–Kier alpha value is -1.67. The average molecular weight is 308 g/mol. The van der Waals surface area contributed by atoms with Crippen molar-refractivity contribution in [1.29, 1.82) is 0 Å². The standard InChI is InChI=1S/C12H12N4O2S2/c17-16(18)10-3-1-2-8(6-10)7-19-12-15-14-11(20-12)13-9-4-5-9/h1-3,6,9H,4-5,7H2,(H,13,14). The zero-order valence-electron chi connectivity index (χ0n) is 10.5. The van der Waals surface area contributed by atoms with Gasteiger partial charge in [0, 0.05) is 23.9 Å². The summed E-state index contributed by atoms with van der Waals surface area (Å²) in [6.45, 7) is 0. The second-order valence-electron chi connectivity index (χ2n) is 4.51. The van der Waals surface area contributed by atoms with Gasteiger partial charge in [-0.3, -0.25) is 10.1 Å². The molecule has 2 aromatic rings. The van der Waals surface area contributed by atoms with Crippen LogP contribution < -0.4 is 5.32 Å². The zero-order valence-corrected chi connectivity index (χ0v) is 12.1. The van der Waals surface area contributed by atoms with Crippen LogP contribution in [0.3, 0.4) is 0 Å². The van der Waals surface area contributed by atoms with Crippen LogP contribution in [0.5, 0.6) is 0 Å². The average Bonchev–Trinajstić information content (AvgIpc) is 3.14. The highest BCUT2D eigenvalue weighted by atomic mass is 32.2. The highest BCUT2D eigenvalue weighted by Gasteiger charge is 2.22. The summed E-state index contributed by atoms with van der Waals surface area (Å²) in [6, 6.07) is 7.24. The Morgan fingerprint density at radius 1 is 1.45 bits per heavy atom. The van der Waals surface area contributed by atoms with Gasteiger partial charge < -0.3 is 5.32 Å². The molecule has 0 saturated heterocycles. The molecule has 1 heterocycles. The summed E-state index contributed by atoms with van der Waals surface area (Å²) in [5.74, 6) is 0.653. The molecule has 0 unspecified atom stereocenters. The van der Waals surface area contributed by atoms with Gasteiger partial charge in [-0.15, -0.1) is 10.2 Å². The van der Waals surface area contributed by atoms with E-state index in [1.54, 1.807) is 23.9 Å². The Balaban J connectivity index is 1.59. The molecule has 0 atom stereocenters. The minimum absolute atomic E-state index is 0.122. The molecule has 1 N–H and O–H groups in total. The van der Waals surface area contributed by atoms with Gasteiger partial charge in [-0.2, -0.15) is 0 Å². The molecule has 1 aromatic carbocycles. The lowest BCUT2D eigenvalue weighted by molar-refractivity contribution is -0.384. The van der Waals surface area contributed by atoms with Crippen LogP contribution >= 0.6 is 23.1 Å². The number of anilines is 1. The minimum atomic E-state index is -0.378. The first-order valence-corrected chi connectivity index (χ1v) is 7.97. The molecule has 3 rings (SSSR count). The van der Waals surface area contributed by atoms with Crippen LogP contribution in [0.2, 0.25) is 0 Å². The maximum Gasteiger partial charge on any atom is 0.269 e. The number of nitro benzene ring substituents is 1. The number of nitro groups is 1. The molecule has 104 valence electrons. The molecule has 1 saturated carbocycles. The maximum atomic E-state index is 10.7. The van der Waals surface area contributed by atoms with Gasteiger partial charge in [-0.05, 0) is 18.4 Å². The van der Waals surface area contributed by atoms with Gasteiger partial charge in [0.2, 0.25) is 5.13 Å². The van der Waals surface area contributed by atoms with E-state index < -0.39 is 0 Å². The number of hydrogen-bond acceptors (Lipinski definition) is 7. The summed E-state index contributed by atoms with van der Waals surface area (Å²) >= 11 is 3.07. The third kappa shape index (κ3) is 3.45. The quantitative estimate of drug-likeness (QED) is 0.501. The Labute approximate surface area is 123 Å². The van der Waals surface area contributed by atoms with Gasteiger partial charge >= 0.3 is 0 Å². The van der Waals surface area contributed by atoms with Crippen molar-refractivity contribution < 1.29 is 4.92 Å². The topological polar surface area (TPSA) is 81.0 Å². The Morgan fingerprint density at radius 3 is 3.05 bits per heavy atom. The second-order valence-corrected chi connectivity index (χ2v) is 6.71. The second kappa shape index (κ2) is 5.76. The largest absolute Gasteiger partial charge is 0.357 e. The van der Waals surface area contributed by atoms with Gasteiger partial charge in [-0.1, -0.05) is 35.2 Å². The van der Waals surface area contributed by atoms with Gasteiger partial charge in [0.15, 0.2) is 4.34 Å². The summed E-state index contributed by atoms with van der Waals surface area (Å²) < 4.78 is 0.875. The Morgan fingerprint density at radius 2 is 2.30 bits per heavy atom. The monoisotopic (exact) mass is 308 g/mol. The van der Waals surface area contributed by atoms with Crippen molar-refractivity contribution in [2.45, 2.75) is 29.0 Å². The van der Waals surface area contributed by atoms with E-state index in [4.69, 9.17) is 0 Å². The Bertz CT molecular complexity index is 627. The summed E-state index contributed by atoms with van der Waals surface area (Å²) in [6.07, 6.45) is 2.41. The fourth-order valence-corrected chi connectivity index (χ4v) is 3.41. The smallest absolute Gasteiger partial charge is 0.269 e. The van der Waals surface area contributed by atoms with Crippen molar-refractivity contribution in [3.8, 4) is 0 Å². The maximum absolute atomic E-state index is 10.7. The highest BCUT2D eigenvalue weighted by molar-refractivity contribution is 8.00. The number of non-ortho nitro benzene ring substituents is 1. The Kier molecular flexibility index (Phi) is 3.83. The molecule has 0 spiro atoms. The van der Waals surface area contributed by atoms with E-state index in [2.05, 4.69) is 15.5 Å². The molecule has 1 fully saturated rings. The van der Waals surface area contributed by atoms with Crippen molar-refractivity contribution in [2.75, 3.05) is 5.32 Å². The summed E-state index contributed by atoms with van der Waals surface area (Å²) in [7, 11) is 0. The summed E-state index contributed by atoms with van der Waals surface area (Å²) in [5, 5.41) is 23.1. The van der Waals surface area contributed by atoms with Crippen molar-refractivity contribution in [2.24, 2.45) is 0 Å². The minimum Gasteiger partial charge on any atom is -0.357 e. The van der Waals surface area contributed by atoms with Gasteiger partial charge in [0.05, 0.1) is 4.92 Å². The highest BCUT2D eigenvalue weighted by Crippen LogP contribution is 2.31. The molecular weight excluding hydrogens is 296 g/mol. The first-order valence-electron chi connectivity index (χ1n) is 6.17. The fourth-order valence-electron chi connectivity index (χ4n) is 1.63. The predicted octanol–water partition coefficient (Wildman–Crippen LogP) is 3.31. The third-order valence-electron chi connectivity index (χ3n) is 2.80. The van der Waals surface area contributed by atoms with Gasteiger partial charge in [-0.25, -0.2) is 0 Å². The van der Waals surface area contributed by atoms with Crippen LogP contribution in [-0.2, 0) is 5.75 Å². The first kappa shape index (κ1) is 13.3. The van der Waals surface area contributed by atoms with Gasteiger partial charge in [0.1, 0.15) is 0 Å². The number of hydrogen-bond donors (Lipinski definition) is 1. The van der Waals surface area contributed by atoms with E-state index in [9.17, 15) is 10.1 Å². The zero-order chi connectivity index (χ0) is 13.9. The molecule has 1 aliphatic rings. The van der Waals surface area contributed by atoms with Crippen LogP contribution in [0, 0.1) is 10.1 Å². The molecular formula is C12H12N4O2S2. The number of thioether (sulfide) groups is 1. The van der Waals surface area contributed by atoms with Crippen molar-refractivity contribution >= 4 is 33.9 Å². The SMILES string of the molecule is O=[N+]([O-])c1cccc(CSc2nnc(NC3CC3)s2)c1. The molecule has 0 amide bonds. The molecule has 6 nitrogen and oxygen atoms in total. The molecule has 0 aliphatic heterocycles. The molecule has 1 aliphatic carbocycles. The van der Waals surface area contributed by atoms with E-state index in [1.165, 1.54) is 30.2 Å². The van der Waals surface area contributed by atoms with Crippen molar-refractivity contribution in [3.05, 3.63) is 39.9 Å². The van der Waals surface area contributed by atoms with Crippen LogP contribution in [-0.4, -0.2) is 21.2 Å². The summed E-state index contributed by atoms with van der Waals surface area (Å²) in [5.41, 5.74) is 1.03. The fraction of sp³-hybridized carbons (Fsp3) is 0.333. The van der Waals surface area contributed by atoms with E-state index >= 15 is 0 Å². The summed E-state index contributed by atoms with van der Waals surface area (Å²) in [4.78, 5) is 10.3. The third-order valence-corrected chi connectivity index (χ3v) is 4.85. The first-order chi connectivity index (χ1) is 9.70. The molecule has 1 aromatic heterocycles. The normalized spacial score (nSPS) is 14.2. The van der Waals surface area contributed by atoms with Crippen LogP contribution in [0.25, 0.3) is 0 Å². The number of rotatable bonds is 6. The van der Waals surface area contributed by atoms with Crippen LogP contribution in [0.1, 0.15) is 18.4 Å². The lowest BCUT2D eigenvalue weighted by Crippen LogP contribution is -1.99. The van der Waals surface area contributed by atoms with Crippen LogP contribution in [0.4, 0.5) is 10.8 Å². The van der Waals surface area contributed by atoms with E-state index in [-0.39, 0.29) is 10.6 Å². The number of aromatic nitrogens is 2. The molecule has 0 radical (unpaired) electrons. The predicted molar refractivity (Wildman–Crippen MR) is 79.2 cm³/mol. The van der Waals surface area contributed by atoms with Crippen molar-refractivity contribution in [1.82, 2.24) is 10.2 Å². The van der Waals surface area contributed by atoms with E-state index in [1.807, 2.05) is 6.07 Å². The number of nitrogens with one attached hydrogen (secondary N) is 1. The van der Waals surface area contributed by atoms with E-state index in [0.717, 1.165) is 15.0 Å². The van der Waals surface area contributed by atoms with E-state index in [0.29, 0.717) is 11.8 Å². The lowest BCUT2D eigenvalue weighted by Gasteiger charge is -1.98. The molecule has 20 heavy (non-hydrogen) atoms. The lowest BCUT2D eigenvalue weighted by atomic mass is 10.2. The van der Waals surface area contributed by atoms with Gasteiger partial charge in [0.25, 0.3) is 5.69 Å². The molecule has 8 heteroatoms. The number of benzene rings is 1. The number of nitrogens with zero attached hydrogens (tertiary/aromatic N) is 3. The van der Waals surface area contributed by atoms with Crippen molar-refractivity contribution in [3.63, 3.8) is 0 Å².